The number of hydrogen-bond donors (Lipinski definition) is 1. The molecule has 1 rings (SSSR count). The molecular formula is C12H20N2O3S. The van der Waals surface area contributed by atoms with Gasteiger partial charge in [-0.2, -0.15) is 0 Å². The van der Waals surface area contributed by atoms with E-state index in [0.717, 1.165) is 5.69 Å². The minimum absolute atomic E-state index is 0.121. The zero-order valence-corrected chi connectivity index (χ0v) is 12.0. The van der Waals surface area contributed by atoms with E-state index in [1.54, 1.807) is 26.2 Å². The van der Waals surface area contributed by atoms with Gasteiger partial charge in [-0.15, -0.1) is 0 Å². The van der Waals surface area contributed by atoms with Gasteiger partial charge in [0.25, 0.3) is 0 Å². The molecule has 18 heavy (non-hydrogen) atoms. The van der Waals surface area contributed by atoms with Gasteiger partial charge in [-0.05, 0) is 24.6 Å². The number of methoxy groups -OCH3 is 1. The standard InChI is InChI=1S/C12H20N2O3S/c1-5-8-18(15,16)14(3)11-9-10(13-2)6-7-12(11)17-4/h6-7,9,13H,5,8H2,1-4H3. The Hall–Kier alpha value is -1.43. The maximum Gasteiger partial charge on any atom is 0.235 e. The Labute approximate surface area is 109 Å². The van der Waals surface area contributed by atoms with E-state index in [2.05, 4.69) is 5.32 Å². The Morgan fingerprint density at radius 1 is 1.39 bits per heavy atom. The third-order valence-electron chi connectivity index (χ3n) is 2.69. The molecule has 0 amide bonds. The van der Waals surface area contributed by atoms with Crippen molar-refractivity contribution in [1.29, 1.82) is 0 Å². The summed E-state index contributed by atoms with van der Waals surface area (Å²) in [5.41, 5.74) is 1.38. The quantitative estimate of drug-likeness (QED) is 0.859. The van der Waals surface area contributed by atoms with E-state index < -0.39 is 10.0 Å². The third-order valence-corrected chi connectivity index (χ3v) is 4.64. The minimum atomic E-state index is -3.30. The molecule has 1 aromatic carbocycles. The molecule has 0 aliphatic heterocycles. The fraction of sp³-hybridized carbons (Fsp3) is 0.500. The van der Waals surface area contributed by atoms with Gasteiger partial charge in [-0.25, -0.2) is 8.42 Å². The van der Waals surface area contributed by atoms with Crippen molar-refractivity contribution >= 4 is 21.4 Å². The van der Waals surface area contributed by atoms with Crippen molar-refractivity contribution in [3.8, 4) is 5.75 Å². The van der Waals surface area contributed by atoms with Gasteiger partial charge in [0.15, 0.2) is 0 Å². The largest absolute Gasteiger partial charge is 0.495 e. The van der Waals surface area contributed by atoms with Crippen molar-refractivity contribution in [2.24, 2.45) is 0 Å². The molecule has 0 bridgehead atoms. The lowest BCUT2D eigenvalue weighted by atomic mass is 10.2. The first kappa shape index (κ1) is 14.6. The first-order chi connectivity index (χ1) is 8.46. The lowest BCUT2D eigenvalue weighted by Crippen LogP contribution is -2.29. The van der Waals surface area contributed by atoms with Crippen LogP contribution in [0.2, 0.25) is 0 Å². The molecule has 0 heterocycles. The molecule has 0 aliphatic rings. The molecule has 1 N–H and O–H groups in total. The van der Waals surface area contributed by atoms with Gasteiger partial charge in [0.2, 0.25) is 10.0 Å². The lowest BCUT2D eigenvalue weighted by Gasteiger charge is -2.22. The average molecular weight is 272 g/mol. The first-order valence-electron chi connectivity index (χ1n) is 5.78. The fourth-order valence-corrected chi connectivity index (χ4v) is 2.87. The van der Waals surface area contributed by atoms with Crippen LogP contribution in [0.25, 0.3) is 0 Å². The van der Waals surface area contributed by atoms with Crippen LogP contribution in [0.3, 0.4) is 0 Å². The van der Waals surface area contributed by atoms with Crippen molar-refractivity contribution in [2.75, 3.05) is 36.6 Å². The summed E-state index contributed by atoms with van der Waals surface area (Å²) < 4.78 is 30.6. The number of benzene rings is 1. The van der Waals surface area contributed by atoms with Gasteiger partial charge in [-0.3, -0.25) is 4.31 Å². The van der Waals surface area contributed by atoms with E-state index >= 15 is 0 Å². The summed E-state index contributed by atoms with van der Waals surface area (Å²) >= 11 is 0. The third kappa shape index (κ3) is 3.07. The summed E-state index contributed by atoms with van der Waals surface area (Å²) in [5, 5.41) is 2.98. The summed E-state index contributed by atoms with van der Waals surface area (Å²) in [6.07, 6.45) is 0.584. The number of anilines is 2. The van der Waals surface area contributed by atoms with Crippen LogP contribution in [0, 0.1) is 0 Å². The predicted molar refractivity (Wildman–Crippen MR) is 75.0 cm³/mol. The van der Waals surface area contributed by atoms with E-state index in [1.165, 1.54) is 11.4 Å². The van der Waals surface area contributed by atoms with E-state index in [-0.39, 0.29) is 5.75 Å². The van der Waals surface area contributed by atoms with Crippen LogP contribution in [0.1, 0.15) is 13.3 Å². The maximum absolute atomic E-state index is 12.0. The number of nitrogens with zero attached hydrogens (tertiary/aromatic N) is 1. The van der Waals surface area contributed by atoms with E-state index in [0.29, 0.717) is 17.9 Å². The molecule has 0 radical (unpaired) electrons. The van der Waals surface area contributed by atoms with Crippen LogP contribution < -0.4 is 14.4 Å². The Morgan fingerprint density at radius 2 is 2.06 bits per heavy atom. The van der Waals surface area contributed by atoms with Gasteiger partial charge >= 0.3 is 0 Å². The molecule has 0 saturated carbocycles. The summed E-state index contributed by atoms with van der Waals surface area (Å²) in [6.45, 7) is 1.84. The second-order valence-electron chi connectivity index (χ2n) is 3.92. The van der Waals surface area contributed by atoms with Crippen LogP contribution in [-0.4, -0.2) is 35.4 Å². The molecule has 0 spiro atoms. The Bertz CT molecular complexity index is 500. The zero-order valence-electron chi connectivity index (χ0n) is 11.2. The molecule has 0 aliphatic carbocycles. The highest BCUT2D eigenvalue weighted by Crippen LogP contribution is 2.32. The highest BCUT2D eigenvalue weighted by molar-refractivity contribution is 7.92. The van der Waals surface area contributed by atoms with Crippen molar-refractivity contribution in [2.45, 2.75) is 13.3 Å². The molecule has 102 valence electrons. The van der Waals surface area contributed by atoms with E-state index in [1.807, 2.05) is 13.0 Å². The lowest BCUT2D eigenvalue weighted by molar-refractivity contribution is 0.416. The maximum atomic E-state index is 12.0. The van der Waals surface area contributed by atoms with Gasteiger partial charge in [0.1, 0.15) is 5.75 Å². The molecule has 0 aromatic heterocycles. The summed E-state index contributed by atoms with van der Waals surface area (Å²) in [6, 6.07) is 5.34. The molecule has 0 saturated heterocycles. The SMILES string of the molecule is CCCS(=O)(=O)N(C)c1cc(NC)ccc1OC. The molecule has 0 atom stereocenters. The van der Waals surface area contributed by atoms with E-state index in [9.17, 15) is 8.42 Å². The van der Waals surface area contributed by atoms with Crippen molar-refractivity contribution in [3.05, 3.63) is 18.2 Å². The predicted octanol–water partition coefficient (Wildman–Crippen LogP) is 1.91. The van der Waals surface area contributed by atoms with Gasteiger partial charge in [0, 0.05) is 19.8 Å². The molecule has 1 aromatic rings. The van der Waals surface area contributed by atoms with Gasteiger partial charge in [-0.1, -0.05) is 6.92 Å². The molecule has 0 fully saturated rings. The smallest absolute Gasteiger partial charge is 0.235 e. The summed E-state index contributed by atoms with van der Waals surface area (Å²) in [4.78, 5) is 0. The zero-order chi connectivity index (χ0) is 13.8. The van der Waals surface area contributed by atoms with Gasteiger partial charge < -0.3 is 10.1 Å². The second kappa shape index (κ2) is 5.95. The van der Waals surface area contributed by atoms with Crippen molar-refractivity contribution in [1.82, 2.24) is 0 Å². The Kier molecular flexibility index (Phi) is 4.84. The van der Waals surface area contributed by atoms with Crippen LogP contribution in [0.5, 0.6) is 5.75 Å². The number of rotatable bonds is 6. The van der Waals surface area contributed by atoms with Crippen molar-refractivity contribution in [3.63, 3.8) is 0 Å². The number of sulfonamides is 1. The van der Waals surface area contributed by atoms with Crippen LogP contribution in [0.4, 0.5) is 11.4 Å². The summed E-state index contributed by atoms with van der Waals surface area (Å²) in [7, 11) is 1.56. The second-order valence-corrected chi connectivity index (χ2v) is 6.04. The highest BCUT2D eigenvalue weighted by Gasteiger charge is 2.20. The normalized spacial score (nSPS) is 11.1. The average Bonchev–Trinajstić information content (AvgIpc) is 2.37. The van der Waals surface area contributed by atoms with Crippen LogP contribution in [0.15, 0.2) is 18.2 Å². The summed E-state index contributed by atoms with van der Waals surface area (Å²) in [5.74, 6) is 0.660. The molecular weight excluding hydrogens is 252 g/mol. The minimum Gasteiger partial charge on any atom is -0.495 e. The number of ether oxygens (including phenoxy) is 1. The topological polar surface area (TPSA) is 58.6 Å². The molecule has 0 unspecified atom stereocenters. The fourth-order valence-electron chi connectivity index (χ4n) is 1.64. The number of nitrogens with one attached hydrogen (secondary N) is 1. The molecule has 5 nitrogen and oxygen atoms in total. The Balaban J connectivity index is 3.22. The highest BCUT2D eigenvalue weighted by atomic mass is 32.2. The van der Waals surface area contributed by atoms with Crippen LogP contribution in [-0.2, 0) is 10.0 Å². The van der Waals surface area contributed by atoms with E-state index in [4.69, 9.17) is 4.74 Å². The Morgan fingerprint density at radius 3 is 2.56 bits per heavy atom. The number of hydrogen-bond acceptors (Lipinski definition) is 4. The van der Waals surface area contributed by atoms with Crippen LogP contribution >= 0.6 is 0 Å². The monoisotopic (exact) mass is 272 g/mol. The van der Waals surface area contributed by atoms with Gasteiger partial charge in [0.05, 0.1) is 18.6 Å². The molecule has 6 heteroatoms. The van der Waals surface area contributed by atoms with Crippen molar-refractivity contribution < 1.29 is 13.2 Å². The first-order valence-corrected chi connectivity index (χ1v) is 7.39.